The number of hydrogen-bond acceptors (Lipinski definition) is 3. The van der Waals surface area contributed by atoms with Crippen molar-refractivity contribution in [3.63, 3.8) is 0 Å². The van der Waals surface area contributed by atoms with Crippen LogP contribution in [-0.4, -0.2) is 19.3 Å². The Labute approximate surface area is 136 Å². The molecule has 2 heterocycles. The van der Waals surface area contributed by atoms with Gasteiger partial charge in [-0.2, -0.15) is 4.31 Å². The van der Waals surface area contributed by atoms with E-state index in [1.54, 1.807) is 15.6 Å². The van der Waals surface area contributed by atoms with Crippen LogP contribution in [0, 0.1) is 0 Å². The van der Waals surface area contributed by atoms with Crippen LogP contribution in [0.25, 0.3) is 0 Å². The van der Waals surface area contributed by atoms with Crippen molar-refractivity contribution in [3.05, 3.63) is 58.3 Å². The van der Waals surface area contributed by atoms with Crippen LogP contribution in [0.1, 0.15) is 42.2 Å². The SMILES string of the molecule is O=S(=O)(Cc1ccccc1)N1CCCCCC1c1cccs1. The number of nitrogens with zero attached hydrogens (tertiary/aromatic N) is 1. The van der Waals surface area contributed by atoms with Gasteiger partial charge >= 0.3 is 0 Å². The van der Waals surface area contributed by atoms with Crippen molar-refractivity contribution in [2.24, 2.45) is 0 Å². The van der Waals surface area contributed by atoms with E-state index in [4.69, 9.17) is 0 Å². The van der Waals surface area contributed by atoms with E-state index in [1.807, 2.05) is 41.8 Å². The third kappa shape index (κ3) is 3.59. The first-order valence-corrected chi connectivity index (χ1v) is 10.2. The summed E-state index contributed by atoms with van der Waals surface area (Å²) in [5.41, 5.74) is 0.858. The molecule has 3 nitrogen and oxygen atoms in total. The normalized spacial score (nSPS) is 20.6. The Kier molecular flexibility index (Phi) is 4.96. The molecule has 1 aromatic heterocycles. The number of sulfonamides is 1. The molecule has 0 spiro atoms. The van der Waals surface area contributed by atoms with Gasteiger partial charge < -0.3 is 0 Å². The topological polar surface area (TPSA) is 37.4 Å². The van der Waals surface area contributed by atoms with E-state index >= 15 is 0 Å². The minimum atomic E-state index is -3.29. The van der Waals surface area contributed by atoms with Gasteiger partial charge in [0, 0.05) is 11.4 Å². The minimum absolute atomic E-state index is 0.0104. The standard InChI is InChI=1S/C17H21NO2S2/c19-22(20,14-15-8-3-1-4-9-15)18-12-6-2-5-10-16(18)17-11-7-13-21-17/h1,3-4,7-9,11,13,16H,2,5-6,10,12,14H2. The Morgan fingerprint density at radius 3 is 2.59 bits per heavy atom. The Bertz CT molecular complexity index is 681. The minimum Gasteiger partial charge on any atom is -0.212 e. The maximum absolute atomic E-state index is 12.9. The molecule has 22 heavy (non-hydrogen) atoms. The van der Waals surface area contributed by atoms with Crippen LogP contribution >= 0.6 is 11.3 Å². The van der Waals surface area contributed by atoms with E-state index in [-0.39, 0.29) is 11.8 Å². The van der Waals surface area contributed by atoms with E-state index < -0.39 is 10.0 Å². The van der Waals surface area contributed by atoms with Gasteiger partial charge in [-0.25, -0.2) is 8.42 Å². The van der Waals surface area contributed by atoms with Crippen molar-refractivity contribution < 1.29 is 8.42 Å². The largest absolute Gasteiger partial charge is 0.218 e. The lowest BCUT2D eigenvalue weighted by Gasteiger charge is -2.28. The lowest BCUT2D eigenvalue weighted by molar-refractivity contribution is 0.332. The van der Waals surface area contributed by atoms with Crippen molar-refractivity contribution in [2.45, 2.75) is 37.5 Å². The summed E-state index contributed by atoms with van der Waals surface area (Å²) >= 11 is 1.66. The predicted molar refractivity (Wildman–Crippen MR) is 91.3 cm³/mol. The maximum atomic E-state index is 12.9. The van der Waals surface area contributed by atoms with Crippen LogP contribution in [0.2, 0.25) is 0 Å². The summed E-state index contributed by atoms with van der Waals surface area (Å²) in [6.07, 6.45) is 4.09. The Morgan fingerprint density at radius 2 is 1.86 bits per heavy atom. The van der Waals surface area contributed by atoms with Gasteiger partial charge in [-0.3, -0.25) is 0 Å². The zero-order valence-corrected chi connectivity index (χ0v) is 14.2. The zero-order chi connectivity index (χ0) is 15.4. The fourth-order valence-corrected chi connectivity index (χ4v) is 5.78. The van der Waals surface area contributed by atoms with Crippen molar-refractivity contribution in [1.29, 1.82) is 0 Å². The third-order valence-corrected chi connectivity index (χ3v) is 6.95. The Balaban J connectivity index is 1.88. The molecule has 0 amide bonds. The number of thiophene rings is 1. The van der Waals surface area contributed by atoms with Gasteiger partial charge in [0.15, 0.2) is 0 Å². The molecule has 0 radical (unpaired) electrons. The molecule has 3 rings (SSSR count). The van der Waals surface area contributed by atoms with Gasteiger partial charge in [-0.15, -0.1) is 11.3 Å². The molecule has 118 valence electrons. The maximum Gasteiger partial charge on any atom is 0.218 e. The second-order valence-corrected chi connectivity index (χ2v) is 8.63. The quantitative estimate of drug-likeness (QED) is 0.840. The molecule has 1 aliphatic heterocycles. The van der Waals surface area contributed by atoms with E-state index in [2.05, 4.69) is 6.07 Å². The molecule has 0 aliphatic carbocycles. The van der Waals surface area contributed by atoms with Crippen molar-refractivity contribution in [2.75, 3.05) is 6.54 Å². The molecule has 1 saturated heterocycles. The molecular weight excluding hydrogens is 314 g/mol. The van der Waals surface area contributed by atoms with Gasteiger partial charge in [0.25, 0.3) is 0 Å². The average molecular weight is 335 g/mol. The summed E-state index contributed by atoms with van der Waals surface area (Å²) in [5.74, 6) is 0.0930. The Hall–Kier alpha value is -1.17. The molecule has 0 bridgehead atoms. The van der Waals surface area contributed by atoms with Crippen LogP contribution in [0.3, 0.4) is 0 Å². The van der Waals surface area contributed by atoms with E-state index in [1.165, 1.54) is 4.88 Å². The molecule has 1 unspecified atom stereocenters. The summed E-state index contributed by atoms with van der Waals surface area (Å²) in [5, 5.41) is 2.03. The average Bonchev–Trinajstić information content (AvgIpc) is 2.91. The van der Waals surface area contributed by atoms with Crippen LogP contribution in [0.4, 0.5) is 0 Å². The van der Waals surface area contributed by atoms with Gasteiger partial charge in [-0.05, 0) is 29.9 Å². The van der Waals surface area contributed by atoms with Crippen LogP contribution in [-0.2, 0) is 15.8 Å². The van der Waals surface area contributed by atoms with E-state index in [0.29, 0.717) is 6.54 Å². The van der Waals surface area contributed by atoms with Crippen molar-refractivity contribution >= 4 is 21.4 Å². The fourth-order valence-electron chi connectivity index (χ4n) is 3.05. The highest BCUT2D eigenvalue weighted by atomic mass is 32.2. The molecule has 1 aliphatic rings. The molecular formula is C17H21NO2S2. The molecule has 2 aromatic rings. The highest BCUT2D eigenvalue weighted by Gasteiger charge is 2.32. The molecule has 1 atom stereocenters. The van der Waals surface area contributed by atoms with Crippen LogP contribution in [0.15, 0.2) is 47.8 Å². The second-order valence-electron chi connectivity index (χ2n) is 5.73. The van der Waals surface area contributed by atoms with Gasteiger partial charge in [0.1, 0.15) is 0 Å². The van der Waals surface area contributed by atoms with Gasteiger partial charge in [-0.1, -0.05) is 49.2 Å². The first-order valence-electron chi connectivity index (χ1n) is 7.74. The third-order valence-electron chi connectivity index (χ3n) is 4.12. The van der Waals surface area contributed by atoms with Gasteiger partial charge in [0.2, 0.25) is 10.0 Å². The van der Waals surface area contributed by atoms with Crippen LogP contribution < -0.4 is 0 Å². The summed E-state index contributed by atoms with van der Waals surface area (Å²) in [4.78, 5) is 1.17. The molecule has 1 fully saturated rings. The summed E-state index contributed by atoms with van der Waals surface area (Å²) < 4.78 is 27.6. The van der Waals surface area contributed by atoms with E-state index in [9.17, 15) is 8.42 Å². The van der Waals surface area contributed by atoms with Gasteiger partial charge in [0.05, 0.1) is 11.8 Å². The van der Waals surface area contributed by atoms with Crippen molar-refractivity contribution in [1.82, 2.24) is 4.31 Å². The molecule has 0 N–H and O–H groups in total. The highest BCUT2D eigenvalue weighted by molar-refractivity contribution is 7.88. The summed E-state index contributed by atoms with van der Waals surface area (Å²) in [6.45, 7) is 0.637. The lowest BCUT2D eigenvalue weighted by atomic mass is 10.1. The summed E-state index contributed by atoms with van der Waals surface area (Å²) in [7, 11) is -3.29. The number of hydrogen-bond donors (Lipinski definition) is 0. The van der Waals surface area contributed by atoms with Crippen molar-refractivity contribution in [3.8, 4) is 0 Å². The van der Waals surface area contributed by atoms with E-state index in [0.717, 1.165) is 31.2 Å². The Morgan fingerprint density at radius 1 is 1.05 bits per heavy atom. The first-order chi connectivity index (χ1) is 10.7. The predicted octanol–water partition coefficient (Wildman–Crippen LogP) is 4.20. The highest BCUT2D eigenvalue weighted by Crippen LogP contribution is 2.35. The number of benzene rings is 1. The summed E-state index contributed by atoms with van der Waals surface area (Å²) in [6, 6.07) is 13.5. The lowest BCUT2D eigenvalue weighted by Crippen LogP contribution is -2.35. The smallest absolute Gasteiger partial charge is 0.212 e. The van der Waals surface area contributed by atoms with Crippen LogP contribution in [0.5, 0.6) is 0 Å². The first kappa shape index (κ1) is 15.7. The zero-order valence-electron chi connectivity index (χ0n) is 12.5. The fraction of sp³-hybridized carbons (Fsp3) is 0.412. The molecule has 0 saturated carbocycles. The number of rotatable bonds is 4. The molecule has 5 heteroatoms. The molecule has 1 aromatic carbocycles. The monoisotopic (exact) mass is 335 g/mol. The second kappa shape index (κ2) is 6.94.